The summed E-state index contributed by atoms with van der Waals surface area (Å²) in [6, 6.07) is -23.0. The molecule has 42 heavy (non-hydrogen) atoms. The molecule has 9 aromatic rings. The Balaban J connectivity index is 1.59. The van der Waals surface area contributed by atoms with E-state index in [1.165, 1.54) is 0 Å². The van der Waals surface area contributed by atoms with Crippen LogP contribution >= 0.6 is 0 Å². The van der Waals surface area contributed by atoms with E-state index < -0.39 is 234 Å². The number of nitrogens with zero attached hydrogens (tertiary/aromatic N) is 2. The summed E-state index contributed by atoms with van der Waals surface area (Å²) >= 11 is 0. The quantitative estimate of drug-likeness (QED) is 0.203. The first-order chi connectivity index (χ1) is 31.7. The second kappa shape index (κ2) is 8.95. The van der Waals surface area contributed by atoms with Crippen molar-refractivity contribution in [2.45, 2.75) is 0 Å². The summed E-state index contributed by atoms with van der Waals surface area (Å²) in [7, 11) is 0. The molecule has 2 heterocycles. The maximum absolute atomic E-state index is 9.88. The van der Waals surface area contributed by atoms with Crippen LogP contribution in [-0.4, -0.2) is 9.13 Å². The van der Waals surface area contributed by atoms with E-state index in [-0.39, 0.29) is 0 Å². The molecule has 0 N–H and O–H groups in total. The van der Waals surface area contributed by atoms with Crippen LogP contribution in [0.25, 0.3) is 76.9 Å². The van der Waals surface area contributed by atoms with Crippen molar-refractivity contribution >= 4 is 54.4 Å². The Kier molecular flexibility index (Phi) is 1.96. The van der Waals surface area contributed by atoms with E-state index in [0.29, 0.717) is 0 Å². The Morgan fingerprint density at radius 1 is 0.357 bits per heavy atom. The molecule has 9 rings (SSSR count). The normalized spacial score (nSPS) is 20.5. The Bertz CT molecular complexity index is 3870. The predicted octanol–water partition coefficient (Wildman–Crippen LogP) is 10.7. The molecule has 0 radical (unpaired) electrons. The van der Waals surface area contributed by atoms with Crippen molar-refractivity contribution in [3.8, 4) is 22.5 Å². The van der Waals surface area contributed by atoms with Gasteiger partial charge in [0.1, 0.15) is 0 Å². The Morgan fingerprint density at radius 3 is 1.57 bits per heavy atom. The highest BCUT2D eigenvalue weighted by Crippen LogP contribution is 2.40. The van der Waals surface area contributed by atoms with Crippen LogP contribution in [0.3, 0.4) is 0 Å². The fraction of sp³-hybridized carbons (Fsp3) is 0. The summed E-state index contributed by atoms with van der Waals surface area (Å²) in [6.07, 6.45) is 0. The number of rotatable bonds is 3. The average molecular weight is 561 g/mol. The first-order valence-electron chi connectivity index (χ1n) is 25.3. The summed E-state index contributed by atoms with van der Waals surface area (Å²) in [4.78, 5) is 0. The smallest absolute Gasteiger partial charge is 0.0645 e. The minimum absolute atomic E-state index is 0.494. The molecular formula is C40H26N2. The van der Waals surface area contributed by atoms with Gasteiger partial charge in [-0.2, -0.15) is 0 Å². The standard InChI is InChI=1S/C40H26N2/c1-3-12-30(13-4-1)41-36-18-10-9-17-33(36)34-25-28(20-22-37(34)41)29-21-23-38-35(26-29)40-32-16-8-7-11-27(32)19-24-39(40)42(38)31-14-5-2-6-15-31/h1-26H/i1D,2D,3D,4D,5D,6D,7D,8D,9D,10D,11D,12D,13D,14D,15D,16D,17D,18D,19D,20D,21D,22D,23D,24D,25D,26D. The van der Waals surface area contributed by atoms with E-state index in [1.807, 2.05) is 0 Å². The van der Waals surface area contributed by atoms with Gasteiger partial charge in [-0.05, 0) is 82.3 Å². The number of aromatic nitrogens is 2. The number of hydrogen-bond donors (Lipinski definition) is 0. The van der Waals surface area contributed by atoms with E-state index >= 15 is 0 Å². The highest BCUT2D eigenvalue weighted by Gasteiger charge is 2.17. The molecule has 0 fully saturated rings. The second-order valence-electron chi connectivity index (χ2n) is 9.01. The fourth-order valence-electron chi connectivity index (χ4n) is 5.09. The molecule has 2 heteroatoms. The minimum Gasteiger partial charge on any atom is -0.309 e. The predicted molar refractivity (Wildman–Crippen MR) is 178 cm³/mol. The highest BCUT2D eigenvalue weighted by molar-refractivity contribution is 6.22. The van der Waals surface area contributed by atoms with E-state index in [4.69, 9.17) is 26.0 Å². The highest BCUT2D eigenvalue weighted by atomic mass is 15.0. The van der Waals surface area contributed by atoms with Crippen LogP contribution in [0.5, 0.6) is 0 Å². The molecule has 0 bridgehead atoms. The van der Waals surface area contributed by atoms with Gasteiger partial charge in [0, 0.05) is 32.9 Å². The SMILES string of the molecule is [2H]c1c([2H])c([2H])c(-n2c3c([2H])c([2H])c([2H])c([2H])c3c3c([2H])c(-c4c([2H])c([2H])c5c(c4[2H])c4c6c([2H])c([2H])c([2H])c([2H])c6c([2H])c([2H])c4n5-c4c([2H])c([2H])c([2H])c([2H])c4[2H])c([2H])c([2H])c32)c([2H])c1[2H]. The van der Waals surface area contributed by atoms with E-state index in [2.05, 4.69) is 0 Å². The molecule has 0 atom stereocenters. The molecule has 2 nitrogen and oxygen atoms in total. The lowest BCUT2D eigenvalue weighted by atomic mass is 9.99. The number of para-hydroxylation sites is 3. The molecule has 0 aliphatic carbocycles. The van der Waals surface area contributed by atoms with Crippen molar-refractivity contribution in [2.24, 2.45) is 0 Å². The topological polar surface area (TPSA) is 9.86 Å². The summed E-state index contributed by atoms with van der Waals surface area (Å²) in [5, 5.41) is -3.26. The van der Waals surface area contributed by atoms with Crippen LogP contribution in [0.15, 0.2) is 157 Å². The fourth-order valence-corrected chi connectivity index (χ4v) is 5.09. The lowest BCUT2D eigenvalue weighted by Crippen LogP contribution is -1.93. The molecule has 0 aliphatic rings. The van der Waals surface area contributed by atoms with Gasteiger partial charge < -0.3 is 9.13 Å². The third-order valence-corrected chi connectivity index (χ3v) is 6.80. The zero-order chi connectivity index (χ0) is 50.2. The first kappa shape index (κ1) is 9.20. The van der Waals surface area contributed by atoms with Gasteiger partial charge in [0.2, 0.25) is 0 Å². The summed E-state index contributed by atoms with van der Waals surface area (Å²) < 4.78 is 232. The molecule has 0 amide bonds. The minimum atomic E-state index is -1.01. The number of hydrogen-bond acceptors (Lipinski definition) is 0. The maximum Gasteiger partial charge on any atom is 0.0645 e. The van der Waals surface area contributed by atoms with Crippen LogP contribution in [0, 0.1) is 0 Å². The molecule has 7 aromatic carbocycles. The Morgan fingerprint density at radius 2 is 0.857 bits per heavy atom. The zero-order valence-electron chi connectivity index (χ0n) is 46.9. The molecule has 0 saturated carbocycles. The number of benzene rings is 7. The van der Waals surface area contributed by atoms with Crippen molar-refractivity contribution in [2.75, 3.05) is 0 Å². The molecule has 0 saturated heterocycles. The van der Waals surface area contributed by atoms with Crippen molar-refractivity contribution in [1.29, 1.82) is 0 Å². The average Bonchev–Trinajstić information content (AvgIpc) is 3.84. The van der Waals surface area contributed by atoms with Crippen molar-refractivity contribution in [1.82, 2.24) is 9.13 Å². The molecule has 196 valence electrons. The Hall–Kier alpha value is -5.60. The monoisotopic (exact) mass is 560 g/mol. The van der Waals surface area contributed by atoms with Crippen molar-refractivity contribution in [3.05, 3.63) is 157 Å². The van der Waals surface area contributed by atoms with Gasteiger partial charge in [-0.1, -0.05) is 96.7 Å². The summed E-state index contributed by atoms with van der Waals surface area (Å²) in [5.41, 5.74) is -5.46. The van der Waals surface area contributed by atoms with Crippen LogP contribution < -0.4 is 0 Å². The maximum atomic E-state index is 9.88. The molecule has 0 unspecified atom stereocenters. The van der Waals surface area contributed by atoms with Crippen molar-refractivity contribution in [3.63, 3.8) is 0 Å². The van der Waals surface area contributed by atoms with Crippen LogP contribution in [0.1, 0.15) is 35.6 Å². The third kappa shape index (κ3) is 3.33. The van der Waals surface area contributed by atoms with Crippen LogP contribution in [0.4, 0.5) is 0 Å². The summed E-state index contributed by atoms with van der Waals surface area (Å²) in [5.74, 6) is 0. The number of fused-ring (bicyclic) bond motifs is 8. The lowest BCUT2D eigenvalue weighted by molar-refractivity contribution is 1.18. The summed E-state index contributed by atoms with van der Waals surface area (Å²) in [6.45, 7) is 0. The lowest BCUT2D eigenvalue weighted by Gasteiger charge is -2.09. The molecule has 0 spiro atoms. The first-order valence-corrected chi connectivity index (χ1v) is 12.3. The Labute approximate surface area is 279 Å². The largest absolute Gasteiger partial charge is 0.309 e. The molecule has 0 aliphatic heterocycles. The van der Waals surface area contributed by atoms with Gasteiger partial charge in [0.25, 0.3) is 0 Å². The van der Waals surface area contributed by atoms with Gasteiger partial charge in [0.15, 0.2) is 0 Å². The van der Waals surface area contributed by atoms with Gasteiger partial charge >= 0.3 is 0 Å². The van der Waals surface area contributed by atoms with E-state index in [0.717, 1.165) is 9.13 Å². The van der Waals surface area contributed by atoms with Gasteiger partial charge in [0.05, 0.1) is 57.7 Å². The van der Waals surface area contributed by atoms with Gasteiger partial charge in [-0.25, -0.2) is 0 Å². The van der Waals surface area contributed by atoms with Gasteiger partial charge in [-0.15, -0.1) is 0 Å². The van der Waals surface area contributed by atoms with E-state index in [9.17, 15) is 9.60 Å². The van der Waals surface area contributed by atoms with E-state index in [1.54, 1.807) is 0 Å². The molecular weight excluding hydrogens is 508 g/mol. The second-order valence-corrected chi connectivity index (χ2v) is 9.01. The third-order valence-electron chi connectivity index (χ3n) is 6.80. The van der Waals surface area contributed by atoms with Crippen molar-refractivity contribution < 1.29 is 35.6 Å². The van der Waals surface area contributed by atoms with Crippen LogP contribution in [0.2, 0.25) is 0 Å². The molecule has 2 aromatic heterocycles. The van der Waals surface area contributed by atoms with Gasteiger partial charge in [-0.3, -0.25) is 0 Å². The van der Waals surface area contributed by atoms with Crippen LogP contribution in [-0.2, 0) is 0 Å². The zero-order valence-corrected chi connectivity index (χ0v) is 20.9.